The van der Waals surface area contributed by atoms with Crippen LogP contribution in [0, 0.1) is 0 Å². The molecule has 2 aromatic rings. The minimum absolute atomic E-state index is 0.0762. The lowest BCUT2D eigenvalue weighted by Gasteiger charge is -2.09. The molecule has 106 valence electrons. The topological polar surface area (TPSA) is 107 Å². The van der Waals surface area contributed by atoms with Crippen LogP contribution in [0.4, 0.5) is 0 Å². The molecule has 3 N–H and O–H groups in total. The highest BCUT2D eigenvalue weighted by Crippen LogP contribution is 2.25. The van der Waals surface area contributed by atoms with Gasteiger partial charge in [-0.3, -0.25) is 4.79 Å². The van der Waals surface area contributed by atoms with E-state index in [0.717, 1.165) is 19.4 Å². The minimum Gasteiger partial charge on any atom is -0.446 e. The van der Waals surface area contributed by atoms with Gasteiger partial charge in [0, 0.05) is 0 Å². The van der Waals surface area contributed by atoms with Crippen molar-refractivity contribution in [3.8, 4) is 11.7 Å². The average Bonchev–Trinajstić information content (AvgIpc) is 3.02. The molecule has 2 aromatic heterocycles. The van der Waals surface area contributed by atoms with Crippen LogP contribution in [0.5, 0.6) is 0 Å². The van der Waals surface area contributed by atoms with Crippen LogP contribution in [-0.2, 0) is 0 Å². The first-order chi connectivity index (χ1) is 9.74. The van der Waals surface area contributed by atoms with E-state index >= 15 is 0 Å². The predicted octanol–water partition coefficient (Wildman–Crippen LogP) is 1.63. The molecule has 7 nitrogen and oxygen atoms in total. The monoisotopic (exact) mass is 276 g/mol. The van der Waals surface area contributed by atoms with Crippen LogP contribution >= 0.6 is 0 Å². The second-order valence-corrected chi connectivity index (χ2v) is 4.84. The Labute approximate surface area is 115 Å². The molecule has 1 fully saturated rings. The van der Waals surface area contributed by atoms with Crippen LogP contribution in [0.15, 0.2) is 21.1 Å². The van der Waals surface area contributed by atoms with E-state index in [2.05, 4.69) is 15.5 Å². The van der Waals surface area contributed by atoms with Crippen molar-refractivity contribution in [2.45, 2.75) is 31.7 Å². The number of carbonyl (C=O) groups excluding carboxylic acids is 1. The highest BCUT2D eigenvalue weighted by molar-refractivity contribution is 5.90. The summed E-state index contributed by atoms with van der Waals surface area (Å²) in [5.74, 6) is 0.692. The maximum absolute atomic E-state index is 11.0. The zero-order valence-corrected chi connectivity index (χ0v) is 11.0. The Morgan fingerprint density at radius 1 is 1.35 bits per heavy atom. The Kier molecular flexibility index (Phi) is 3.51. The maximum atomic E-state index is 11.0. The van der Waals surface area contributed by atoms with E-state index in [0.29, 0.717) is 11.6 Å². The molecule has 1 aliphatic rings. The van der Waals surface area contributed by atoms with E-state index in [1.807, 2.05) is 0 Å². The molecule has 0 unspecified atom stereocenters. The van der Waals surface area contributed by atoms with Crippen molar-refractivity contribution in [2.75, 3.05) is 6.54 Å². The molecule has 1 amide bonds. The van der Waals surface area contributed by atoms with Gasteiger partial charge in [0.25, 0.3) is 11.8 Å². The van der Waals surface area contributed by atoms with Crippen molar-refractivity contribution in [3.05, 3.63) is 23.7 Å². The zero-order chi connectivity index (χ0) is 13.9. The van der Waals surface area contributed by atoms with Crippen molar-refractivity contribution in [3.63, 3.8) is 0 Å². The summed E-state index contributed by atoms with van der Waals surface area (Å²) in [6.45, 7) is 0.959. The Bertz CT molecular complexity index is 596. The number of nitrogens with two attached hydrogens (primary N) is 1. The molecule has 3 rings (SSSR count). The fourth-order valence-electron chi connectivity index (χ4n) is 2.31. The normalized spacial score (nSPS) is 19.7. The lowest BCUT2D eigenvalue weighted by molar-refractivity contribution is 0.0974. The van der Waals surface area contributed by atoms with Gasteiger partial charge in [-0.25, -0.2) is 0 Å². The second-order valence-electron chi connectivity index (χ2n) is 4.84. The fourth-order valence-corrected chi connectivity index (χ4v) is 2.31. The van der Waals surface area contributed by atoms with Crippen LogP contribution in [0.25, 0.3) is 11.7 Å². The molecule has 1 saturated heterocycles. The number of hydrogen-bond acceptors (Lipinski definition) is 6. The Morgan fingerprint density at radius 3 is 3.05 bits per heavy atom. The Hall–Kier alpha value is -2.15. The molecular weight excluding hydrogens is 260 g/mol. The average molecular weight is 276 g/mol. The molecule has 1 aliphatic heterocycles. The number of amides is 1. The summed E-state index contributed by atoms with van der Waals surface area (Å²) in [5.41, 5.74) is 5.14. The quantitative estimate of drug-likeness (QED) is 0.882. The van der Waals surface area contributed by atoms with Crippen LogP contribution in [0.2, 0.25) is 0 Å². The Balaban J connectivity index is 1.79. The first kappa shape index (κ1) is 12.9. The van der Waals surface area contributed by atoms with Gasteiger partial charge in [-0.2, -0.15) is 4.98 Å². The van der Waals surface area contributed by atoms with Gasteiger partial charge in [-0.1, -0.05) is 18.0 Å². The summed E-state index contributed by atoms with van der Waals surface area (Å²) in [6.07, 6.45) is 4.52. The van der Waals surface area contributed by atoms with E-state index in [1.54, 1.807) is 6.07 Å². The lowest BCUT2D eigenvalue weighted by Crippen LogP contribution is -2.21. The van der Waals surface area contributed by atoms with Gasteiger partial charge in [0.1, 0.15) is 0 Å². The summed E-state index contributed by atoms with van der Waals surface area (Å²) < 4.78 is 10.5. The predicted molar refractivity (Wildman–Crippen MR) is 69.7 cm³/mol. The molecular formula is C13H16N4O3. The summed E-state index contributed by atoms with van der Waals surface area (Å²) in [7, 11) is 0. The number of aromatic nitrogens is 2. The number of hydrogen-bond donors (Lipinski definition) is 2. The van der Waals surface area contributed by atoms with Crippen molar-refractivity contribution < 1.29 is 13.7 Å². The highest BCUT2D eigenvalue weighted by atomic mass is 16.5. The van der Waals surface area contributed by atoms with Crippen LogP contribution in [0.3, 0.4) is 0 Å². The largest absolute Gasteiger partial charge is 0.446 e. The van der Waals surface area contributed by atoms with Crippen molar-refractivity contribution in [1.82, 2.24) is 15.5 Å². The van der Waals surface area contributed by atoms with Crippen molar-refractivity contribution in [1.29, 1.82) is 0 Å². The number of rotatable bonds is 3. The summed E-state index contributed by atoms with van der Waals surface area (Å²) in [6, 6.07) is 3.20. The lowest BCUT2D eigenvalue weighted by atomic mass is 10.1. The summed E-state index contributed by atoms with van der Waals surface area (Å²) >= 11 is 0. The fraction of sp³-hybridized carbons (Fsp3) is 0.462. The summed E-state index contributed by atoms with van der Waals surface area (Å²) in [4.78, 5) is 15.3. The second kappa shape index (κ2) is 5.46. The van der Waals surface area contributed by atoms with Gasteiger partial charge in [0.05, 0.1) is 6.04 Å². The van der Waals surface area contributed by atoms with Gasteiger partial charge in [0.2, 0.25) is 0 Å². The van der Waals surface area contributed by atoms with Crippen molar-refractivity contribution >= 4 is 5.91 Å². The maximum Gasteiger partial charge on any atom is 0.293 e. The van der Waals surface area contributed by atoms with Gasteiger partial charge < -0.3 is 20.0 Å². The van der Waals surface area contributed by atoms with E-state index < -0.39 is 5.91 Å². The number of nitrogens with zero attached hydrogens (tertiary/aromatic N) is 2. The molecule has 0 aromatic carbocycles. The third-order valence-corrected chi connectivity index (χ3v) is 3.37. The molecule has 0 spiro atoms. The van der Waals surface area contributed by atoms with Crippen LogP contribution in [0.1, 0.15) is 48.1 Å². The summed E-state index contributed by atoms with van der Waals surface area (Å²) in [5, 5.41) is 7.38. The molecule has 1 atom stereocenters. The van der Waals surface area contributed by atoms with E-state index in [1.165, 1.54) is 18.9 Å². The molecule has 0 aliphatic carbocycles. The molecule has 7 heteroatoms. The van der Waals surface area contributed by atoms with E-state index in [9.17, 15) is 4.79 Å². The first-order valence-electron chi connectivity index (χ1n) is 6.71. The minimum atomic E-state index is -0.624. The SMILES string of the molecule is NC(=O)c1ccc(-c2nc([C@H]3CCCCCN3)no2)o1. The van der Waals surface area contributed by atoms with Crippen LogP contribution < -0.4 is 11.1 Å². The standard InChI is InChI=1S/C13H16N4O3/c14-11(18)9-5-6-10(19-9)13-16-12(17-20-13)8-4-2-1-3-7-15-8/h5-6,8,15H,1-4,7H2,(H2,14,18)/t8-/m1/s1. The number of primary amides is 1. The third kappa shape index (κ3) is 2.57. The van der Waals surface area contributed by atoms with Gasteiger partial charge in [0.15, 0.2) is 17.3 Å². The molecule has 3 heterocycles. The zero-order valence-electron chi connectivity index (χ0n) is 11.0. The molecule has 0 saturated carbocycles. The third-order valence-electron chi connectivity index (χ3n) is 3.37. The van der Waals surface area contributed by atoms with Crippen LogP contribution in [-0.4, -0.2) is 22.6 Å². The number of carbonyl (C=O) groups is 1. The van der Waals surface area contributed by atoms with E-state index in [4.69, 9.17) is 14.7 Å². The molecule has 0 bridgehead atoms. The molecule has 0 radical (unpaired) electrons. The van der Waals surface area contributed by atoms with Crippen molar-refractivity contribution in [2.24, 2.45) is 5.73 Å². The smallest absolute Gasteiger partial charge is 0.293 e. The number of furan rings is 1. The van der Waals surface area contributed by atoms with Gasteiger partial charge >= 0.3 is 0 Å². The Morgan fingerprint density at radius 2 is 2.25 bits per heavy atom. The highest BCUT2D eigenvalue weighted by Gasteiger charge is 2.21. The van der Waals surface area contributed by atoms with Gasteiger partial charge in [-0.05, 0) is 31.5 Å². The first-order valence-corrected chi connectivity index (χ1v) is 6.71. The molecule has 20 heavy (non-hydrogen) atoms. The van der Waals surface area contributed by atoms with Gasteiger partial charge in [-0.15, -0.1) is 0 Å². The van der Waals surface area contributed by atoms with E-state index in [-0.39, 0.29) is 17.7 Å². The number of nitrogens with one attached hydrogen (secondary N) is 1.